The summed E-state index contributed by atoms with van der Waals surface area (Å²) in [5.74, 6) is 0.828. The van der Waals surface area contributed by atoms with Gasteiger partial charge in [-0.2, -0.15) is 0 Å². The Morgan fingerprint density at radius 3 is 2.28 bits per heavy atom. The number of benzene rings is 2. The molecule has 0 amide bonds. The van der Waals surface area contributed by atoms with Crippen molar-refractivity contribution in [2.45, 2.75) is 52.4 Å². The molecule has 1 saturated heterocycles. The fourth-order valence-electron chi connectivity index (χ4n) is 2.74. The van der Waals surface area contributed by atoms with Crippen molar-refractivity contribution in [2.75, 3.05) is 0 Å². The van der Waals surface area contributed by atoms with Crippen LogP contribution < -0.4 is 10.2 Å². The van der Waals surface area contributed by atoms with Gasteiger partial charge in [0, 0.05) is 0 Å². The summed E-state index contributed by atoms with van der Waals surface area (Å²) < 4.78 is 19.4. The highest BCUT2D eigenvalue weighted by atomic mass is 79.9. The second-order valence-electron chi connectivity index (χ2n) is 7.51. The lowest BCUT2D eigenvalue weighted by molar-refractivity contribution is 0.00578. The molecule has 2 aromatic carbocycles. The van der Waals surface area contributed by atoms with Crippen LogP contribution in [0.25, 0.3) is 0 Å². The van der Waals surface area contributed by atoms with Crippen LogP contribution in [0.5, 0.6) is 5.75 Å². The van der Waals surface area contributed by atoms with E-state index in [1.54, 1.807) is 0 Å². The zero-order valence-electron chi connectivity index (χ0n) is 15.4. The van der Waals surface area contributed by atoms with Gasteiger partial charge in [0.15, 0.2) is 0 Å². The zero-order chi connectivity index (χ0) is 18.2. The second kappa shape index (κ2) is 6.78. The molecule has 0 aromatic heterocycles. The Morgan fingerprint density at radius 1 is 1.00 bits per heavy atom. The lowest BCUT2D eigenvalue weighted by Crippen LogP contribution is -2.41. The van der Waals surface area contributed by atoms with Crippen molar-refractivity contribution in [2.24, 2.45) is 0 Å². The van der Waals surface area contributed by atoms with Crippen molar-refractivity contribution in [3.63, 3.8) is 0 Å². The average molecular weight is 403 g/mol. The molecule has 1 aliphatic heterocycles. The zero-order valence-corrected chi connectivity index (χ0v) is 17.0. The van der Waals surface area contributed by atoms with E-state index in [1.165, 1.54) is 5.56 Å². The van der Waals surface area contributed by atoms with Crippen LogP contribution in [0.1, 0.15) is 38.8 Å². The Kier molecular flexibility index (Phi) is 5.02. The molecule has 2 aromatic rings. The summed E-state index contributed by atoms with van der Waals surface area (Å²) in [5.41, 5.74) is 2.56. The van der Waals surface area contributed by atoms with Gasteiger partial charge in [-0.05, 0) is 79.3 Å². The van der Waals surface area contributed by atoms with Gasteiger partial charge in [0.05, 0.1) is 15.7 Å². The molecular formula is C20H24BBrO3. The molecule has 0 aliphatic carbocycles. The third-order valence-corrected chi connectivity index (χ3v) is 5.65. The predicted octanol–water partition coefficient (Wildman–Crippen LogP) is 4.64. The first-order chi connectivity index (χ1) is 11.7. The number of aryl methyl sites for hydroxylation is 1. The SMILES string of the molecule is Cc1ccc(OCc2ccccc2B2OC(C)(C)C(C)(C)O2)c(Br)c1. The first-order valence-corrected chi connectivity index (χ1v) is 9.31. The Morgan fingerprint density at radius 2 is 1.64 bits per heavy atom. The van der Waals surface area contributed by atoms with Crippen LogP contribution in [-0.4, -0.2) is 18.3 Å². The number of halogens is 1. The van der Waals surface area contributed by atoms with E-state index in [0.717, 1.165) is 21.2 Å². The topological polar surface area (TPSA) is 27.7 Å². The maximum atomic E-state index is 6.20. The minimum Gasteiger partial charge on any atom is -0.488 e. The van der Waals surface area contributed by atoms with Crippen LogP contribution in [0, 0.1) is 6.92 Å². The highest BCUT2D eigenvalue weighted by molar-refractivity contribution is 9.10. The molecule has 0 radical (unpaired) electrons. The Hall–Kier alpha value is -1.30. The number of hydrogen-bond donors (Lipinski definition) is 0. The van der Waals surface area contributed by atoms with E-state index >= 15 is 0 Å². The van der Waals surface area contributed by atoms with Crippen molar-refractivity contribution in [3.8, 4) is 5.75 Å². The van der Waals surface area contributed by atoms with Gasteiger partial charge >= 0.3 is 7.12 Å². The maximum absolute atomic E-state index is 6.20. The fraction of sp³-hybridized carbons (Fsp3) is 0.400. The summed E-state index contributed by atoms with van der Waals surface area (Å²) in [6.45, 7) is 10.8. The predicted molar refractivity (Wildman–Crippen MR) is 105 cm³/mol. The first-order valence-electron chi connectivity index (χ1n) is 8.52. The molecule has 25 heavy (non-hydrogen) atoms. The molecule has 0 unspecified atom stereocenters. The van der Waals surface area contributed by atoms with E-state index in [4.69, 9.17) is 14.0 Å². The smallest absolute Gasteiger partial charge is 0.488 e. The van der Waals surface area contributed by atoms with E-state index in [2.05, 4.69) is 62.7 Å². The highest BCUT2D eigenvalue weighted by Crippen LogP contribution is 2.36. The summed E-state index contributed by atoms with van der Waals surface area (Å²) in [5, 5.41) is 0. The largest absolute Gasteiger partial charge is 0.495 e. The van der Waals surface area contributed by atoms with Crippen LogP contribution >= 0.6 is 15.9 Å². The van der Waals surface area contributed by atoms with Crippen molar-refractivity contribution in [3.05, 3.63) is 58.1 Å². The molecule has 0 N–H and O–H groups in total. The van der Waals surface area contributed by atoms with Crippen molar-refractivity contribution >= 4 is 28.5 Å². The van der Waals surface area contributed by atoms with Gasteiger partial charge in [0.2, 0.25) is 0 Å². The van der Waals surface area contributed by atoms with E-state index in [1.807, 2.05) is 30.3 Å². The van der Waals surface area contributed by atoms with Gasteiger partial charge < -0.3 is 14.0 Å². The quantitative estimate of drug-likeness (QED) is 0.697. The molecule has 1 fully saturated rings. The lowest BCUT2D eigenvalue weighted by Gasteiger charge is -2.32. The van der Waals surface area contributed by atoms with Gasteiger partial charge in [-0.25, -0.2) is 0 Å². The molecule has 0 bridgehead atoms. The minimum absolute atomic E-state index is 0.356. The molecular weight excluding hydrogens is 379 g/mol. The maximum Gasteiger partial charge on any atom is 0.495 e. The molecule has 3 nitrogen and oxygen atoms in total. The van der Waals surface area contributed by atoms with Crippen LogP contribution in [0.15, 0.2) is 46.9 Å². The van der Waals surface area contributed by atoms with Crippen LogP contribution in [0.3, 0.4) is 0 Å². The Balaban J connectivity index is 1.80. The Labute approximate surface area is 159 Å². The number of ether oxygens (including phenoxy) is 1. The van der Waals surface area contributed by atoms with Gasteiger partial charge in [-0.15, -0.1) is 0 Å². The summed E-state index contributed by atoms with van der Waals surface area (Å²) in [4.78, 5) is 0. The van der Waals surface area contributed by atoms with Gasteiger partial charge in [-0.3, -0.25) is 0 Å². The molecule has 0 spiro atoms. The summed E-state index contributed by atoms with van der Waals surface area (Å²) in [6, 6.07) is 14.2. The summed E-state index contributed by atoms with van der Waals surface area (Å²) in [6.07, 6.45) is 0. The van der Waals surface area contributed by atoms with E-state index in [9.17, 15) is 0 Å². The average Bonchev–Trinajstić information content (AvgIpc) is 2.75. The van der Waals surface area contributed by atoms with Crippen molar-refractivity contribution < 1.29 is 14.0 Å². The van der Waals surface area contributed by atoms with Gasteiger partial charge in [0.1, 0.15) is 12.4 Å². The lowest BCUT2D eigenvalue weighted by atomic mass is 9.76. The van der Waals surface area contributed by atoms with Crippen molar-refractivity contribution in [1.82, 2.24) is 0 Å². The normalized spacial score (nSPS) is 18.4. The summed E-state index contributed by atoms with van der Waals surface area (Å²) in [7, 11) is -0.383. The van der Waals surface area contributed by atoms with Gasteiger partial charge in [-0.1, -0.05) is 30.3 Å². The number of rotatable bonds is 4. The van der Waals surface area contributed by atoms with Crippen LogP contribution in [0.2, 0.25) is 0 Å². The second-order valence-corrected chi connectivity index (χ2v) is 8.36. The molecule has 1 heterocycles. The molecule has 1 aliphatic rings. The molecule has 132 valence electrons. The van der Waals surface area contributed by atoms with Crippen LogP contribution in [-0.2, 0) is 15.9 Å². The monoisotopic (exact) mass is 402 g/mol. The molecule has 0 saturated carbocycles. The fourth-order valence-corrected chi connectivity index (χ4v) is 3.35. The minimum atomic E-state index is -0.383. The molecule has 0 atom stereocenters. The van der Waals surface area contributed by atoms with E-state index in [-0.39, 0.29) is 18.3 Å². The number of hydrogen-bond acceptors (Lipinski definition) is 3. The van der Waals surface area contributed by atoms with Crippen LogP contribution in [0.4, 0.5) is 0 Å². The van der Waals surface area contributed by atoms with E-state index < -0.39 is 0 Å². The Bertz CT molecular complexity index is 757. The van der Waals surface area contributed by atoms with Crippen molar-refractivity contribution in [1.29, 1.82) is 0 Å². The molecule has 5 heteroatoms. The van der Waals surface area contributed by atoms with Gasteiger partial charge in [0.25, 0.3) is 0 Å². The first kappa shape index (κ1) is 18.5. The standard InChI is InChI=1S/C20H24BBrO3/c1-14-10-11-18(17(22)12-14)23-13-15-8-6-7-9-16(15)21-24-19(2,3)20(4,5)25-21/h6-12H,13H2,1-5H3. The third-order valence-electron chi connectivity index (χ3n) is 5.03. The van der Waals surface area contributed by atoms with E-state index in [0.29, 0.717) is 6.61 Å². The summed E-state index contributed by atoms with van der Waals surface area (Å²) >= 11 is 3.56. The molecule has 3 rings (SSSR count). The highest BCUT2D eigenvalue weighted by Gasteiger charge is 2.52. The third kappa shape index (κ3) is 3.79.